The van der Waals surface area contributed by atoms with Crippen molar-refractivity contribution in [1.29, 1.82) is 0 Å². The maximum Gasteiger partial charge on any atom is 0.248 e. The Bertz CT molecular complexity index is 717. The van der Waals surface area contributed by atoms with Gasteiger partial charge in [0.1, 0.15) is 0 Å². The van der Waals surface area contributed by atoms with Crippen LogP contribution in [0.5, 0.6) is 0 Å². The zero-order valence-corrected chi connectivity index (χ0v) is 15.2. The molecule has 1 N–H and O–H groups in total. The van der Waals surface area contributed by atoms with Crippen LogP contribution in [0.15, 0.2) is 51.4 Å². The van der Waals surface area contributed by atoms with Crippen LogP contribution in [0.2, 0.25) is 10.0 Å². The van der Waals surface area contributed by atoms with Crippen molar-refractivity contribution in [1.82, 2.24) is 0 Å². The number of amides is 1. The van der Waals surface area contributed by atoms with Gasteiger partial charge >= 0.3 is 0 Å². The van der Waals surface area contributed by atoms with Gasteiger partial charge in [0.2, 0.25) is 5.91 Å². The van der Waals surface area contributed by atoms with Gasteiger partial charge in [-0.3, -0.25) is 4.79 Å². The second-order valence-electron chi connectivity index (χ2n) is 4.11. The number of carbonyl (C=O) groups is 1. The number of nitrogens with one attached hydrogen (secondary N) is 1. The molecule has 0 aliphatic rings. The lowest BCUT2D eigenvalue weighted by Gasteiger charge is -2.05. The van der Waals surface area contributed by atoms with Gasteiger partial charge in [0.05, 0.1) is 5.69 Å². The van der Waals surface area contributed by atoms with Crippen molar-refractivity contribution in [2.45, 2.75) is 0 Å². The van der Waals surface area contributed by atoms with E-state index in [9.17, 15) is 4.79 Å². The molecule has 2 aromatic carbocycles. The van der Waals surface area contributed by atoms with Gasteiger partial charge < -0.3 is 5.32 Å². The molecule has 1 amide bonds. The first-order chi connectivity index (χ1) is 9.95. The van der Waals surface area contributed by atoms with E-state index in [2.05, 4.69) is 37.2 Å². The molecule has 2 nitrogen and oxygen atoms in total. The van der Waals surface area contributed by atoms with E-state index in [0.717, 1.165) is 14.5 Å². The quantitative estimate of drug-likeness (QED) is 0.558. The molecular weight excluding hydrogens is 441 g/mol. The summed E-state index contributed by atoms with van der Waals surface area (Å²) in [6, 6.07) is 10.6. The van der Waals surface area contributed by atoms with E-state index in [4.69, 9.17) is 23.2 Å². The first-order valence-corrected chi connectivity index (χ1v) is 8.19. The van der Waals surface area contributed by atoms with Crippen molar-refractivity contribution >= 4 is 72.7 Å². The van der Waals surface area contributed by atoms with Crippen molar-refractivity contribution in [3.63, 3.8) is 0 Å². The minimum atomic E-state index is -0.246. The van der Waals surface area contributed by atoms with Crippen molar-refractivity contribution in [2.75, 3.05) is 5.32 Å². The largest absolute Gasteiger partial charge is 0.321 e. The summed E-state index contributed by atoms with van der Waals surface area (Å²) in [5, 5.41) is 3.83. The number of benzene rings is 2. The van der Waals surface area contributed by atoms with Crippen LogP contribution in [0.25, 0.3) is 6.08 Å². The summed E-state index contributed by atoms with van der Waals surface area (Å²) >= 11 is 18.6. The van der Waals surface area contributed by atoms with Crippen LogP contribution < -0.4 is 5.32 Å². The minimum absolute atomic E-state index is 0.246. The van der Waals surface area contributed by atoms with E-state index in [1.807, 2.05) is 12.1 Å². The molecule has 0 saturated heterocycles. The molecular formula is C15H9Br2Cl2NO. The molecule has 2 rings (SSSR count). The molecule has 0 spiro atoms. The monoisotopic (exact) mass is 447 g/mol. The Morgan fingerprint density at radius 1 is 1.10 bits per heavy atom. The molecule has 0 bridgehead atoms. The molecule has 2 aromatic rings. The molecule has 108 valence electrons. The predicted molar refractivity (Wildman–Crippen MR) is 96.0 cm³/mol. The predicted octanol–water partition coefficient (Wildman–Crippen LogP) is 6.17. The Kier molecular flexibility index (Phi) is 5.88. The molecule has 21 heavy (non-hydrogen) atoms. The molecule has 0 aromatic heterocycles. The van der Waals surface area contributed by atoms with Gasteiger partial charge in [0, 0.05) is 25.1 Å². The summed E-state index contributed by atoms with van der Waals surface area (Å²) in [7, 11) is 0. The minimum Gasteiger partial charge on any atom is -0.321 e. The summed E-state index contributed by atoms with van der Waals surface area (Å²) in [5.41, 5.74) is 1.42. The number of hydrogen-bond donors (Lipinski definition) is 1. The molecule has 0 heterocycles. The SMILES string of the molecule is O=C(/C=C/c1ccc(Cl)cc1Cl)Nc1ccc(Br)cc1Br. The average molecular weight is 450 g/mol. The Balaban J connectivity index is 2.09. The van der Waals surface area contributed by atoms with Crippen LogP contribution in [-0.2, 0) is 4.79 Å². The topological polar surface area (TPSA) is 29.1 Å². The smallest absolute Gasteiger partial charge is 0.248 e. The maximum atomic E-state index is 11.9. The molecule has 0 aliphatic carbocycles. The summed E-state index contributed by atoms with van der Waals surface area (Å²) in [6.07, 6.45) is 3.06. The van der Waals surface area contributed by atoms with Gasteiger partial charge in [-0.05, 0) is 57.9 Å². The van der Waals surface area contributed by atoms with E-state index in [-0.39, 0.29) is 5.91 Å². The van der Waals surface area contributed by atoms with Crippen molar-refractivity contribution in [3.8, 4) is 0 Å². The average Bonchev–Trinajstić information content (AvgIpc) is 2.41. The molecule has 6 heteroatoms. The van der Waals surface area contributed by atoms with Crippen molar-refractivity contribution < 1.29 is 4.79 Å². The highest BCUT2D eigenvalue weighted by atomic mass is 79.9. The number of hydrogen-bond acceptors (Lipinski definition) is 1. The Hall–Kier alpha value is -0.810. The third-order valence-corrected chi connectivity index (χ3v) is 4.28. The number of anilines is 1. The summed E-state index contributed by atoms with van der Waals surface area (Å²) < 4.78 is 1.72. The van der Waals surface area contributed by atoms with E-state index in [0.29, 0.717) is 15.7 Å². The highest BCUT2D eigenvalue weighted by molar-refractivity contribution is 9.11. The van der Waals surface area contributed by atoms with Crippen molar-refractivity contribution in [2.24, 2.45) is 0 Å². The van der Waals surface area contributed by atoms with Crippen LogP contribution in [-0.4, -0.2) is 5.91 Å². The first kappa shape index (κ1) is 16.6. The van der Waals surface area contributed by atoms with Crippen LogP contribution in [0.1, 0.15) is 5.56 Å². The highest BCUT2D eigenvalue weighted by Gasteiger charge is 2.04. The van der Waals surface area contributed by atoms with Crippen molar-refractivity contribution in [3.05, 3.63) is 67.0 Å². The van der Waals surface area contributed by atoms with Gasteiger partial charge in [0.15, 0.2) is 0 Å². The Morgan fingerprint density at radius 3 is 2.52 bits per heavy atom. The van der Waals surface area contributed by atoms with Gasteiger partial charge in [-0.25, -0.2) is 0 Å². The van der Waals surface area contributed by atoms with E-state index < -0.39 is 0 Å². The zero-order valence-electron chi connectivity index (χ0n) is 10.5. The van der Waals surface area contributed by atoms with E-state index in [1.165, 1.54) is 6.08 Å². The van der Waals surface area contributed by atoms with Crippen LogP contribution in [0.3, 0.4) is 0 Å². The lowest BCUT2D eigenvalue weighted by Crippen LogP contribution is -2.08. The van der Waals surface area contributed by atoms with E-state index in [1.54, 1.807) is 30.3 Å². The van der Waals surface area contributed by atoms with Crippen LogP contribution in [0.4, 0.5) is 5.69 Å². The first-order valence-electron chi connectivity index (χ1n) is 5.85. The zero-order chi connectivity index (χ0) is 15.4. The molecule has 0 aliphatic heterocycles. The van der Waals surface area contributed by atoms with Crippen LogP contribution in [0, 0.1) is 0 Å². The Labute approximate surface area is 149 Å². The van der Waals surface area contributed by atoms with Crippen LogP contribution >= 0.6 is 55.1 Å². The fourth-order valence-corrected chi connectivity index (χ4v) is 3.19. The molecule has 0 radical (unpaired) electrons. The third-order valence-electron chi connectivity index (χ3n) is 2.57. The molecule has 0 atom stereocenters. The summed E-state index contributed by atoms with van der Waals surface area (Å²) in [5.74, 6) is -0.246. The molecule has 0 fully saturated rings. The molecule has 0 saturated carbocycles. The third kappa shape index (κ3) is 4.85. The van der Waals surface area contributed by atoms with Gasteiger partial charge in [-0.1, -0.05) is 45.2 Å². The second kappa shape index (κ2) is 7.45. The summed E-state index contributed by atoms with van der Waals surface area (Å²) in [4.78, 5) is 11.9. The van der Waals surface area contributed by atoms with Gasteiger partial charge in [-0.15, -0.1) is 0 Å². The lowest BCUT2D eigenvalue weighted by atomic mass is 10.2. The van der Waals surface area contributed by atoms with Gasteiger partial charge in [-0.2, -0.15) is 0 Å². The lowest BCUT2D eigenvalue weighted by molar-refractivity contribution is -0.111. The Morgan fingerprint density at radius 2 is 1.86 bits per heavy atom. The number of rotatable bonds is 3. The number of halogens is 4. The standard InChI is InChI=1S/C15H9Br2Cl2NO/c16-10-3-5-14(12(17)7-10)20-15(21)6-2-9-1-4-11(18)8-13(9)19/h1-8H,(H,20,21)/b6-2+. The second-order valence-corrected chi connectivity index (χ2v) is 6.73. The van der Waals surface area contributed by atoms with E-state index >= 15 is 0 Å². The number of carbonyl (C=O) groups excluding carboxylic acids is 1. The summed E-state index contributed by atoms with van der Waals surface area (Å²) in [6.45, 7) is 0. The fraction of sp³-hybridized carbons (Fsp3) is 0. The fourth-order valence-electron chi connectivity index (χ4n) is 1.57. The maximum absolute atomic E-state index is 11.9. The normalized spacial score (nSPS) is 10.9. The van der Waals surface area contributed by atoms with Gasteiger partial charge in [0.25, 0.3) is 0 Å². The highest BCUT2D eigenvalue weighted by Crippen LogP contribution is 2.26. The molecule has 0 unspecified atom stereocenters.